The van der Waals surface area contributed by atoms with Gasteiger partial charge in [-0.05, 0) is 43.9 Å². The zero-order valence-electron chi connectivity index (χ0n) is 11.7. The van der Waals surface area contributed by atoms with E-state index in [0.717, 1.165) is 18.4 Å². The Hall–Kier alpha value is -1.62. The molecule has 110 valence electrons. The van der Waals surface area contributed by atoms with Gasteiger partial charge in [-0.1, -0.05) is 12.1 Å². The third-order valence-corrected chi connectivity index (χ3v) is 3.48. The van der Waals surface area contributed by atoms with Crippen molar-refractivity contribution in [2.75, 3.05) is 13.1 Å². The van der Waals surface area contributed by atoms with Crippen LogP contribution in [0, 0.1) is 5.82 Å². The summed E-state index contributed by atoms with van der Waals surface area (Å²) in [6.07, 6.45) is 1.74. The van der Waals surface area contributed by atoms with Crippen molar-refractivity contribution in [2.24, 2.45) is 0 Å². The first-order valence-electron chi connectivity index (χ1n) is 7.02. The standard InChI is InChI=1S/C15H21FN2O2/c1-11(8-12-4-2-5-13(16)9-12)17-15(20)18-7-3-6-14(19)10-18/h2,4-5,9,11,14,19H,3,6-8,10H2,1H3,(H,17,20). The predicted molar refractivity (Wildman–Crippen MR) is 74.9 cm³/mol. The number of hydrogen-bond acceptors (Lipinski definition) is 2. The zero-order chi connectivity index (χ0) is 14.5. The average Bonchev–Trinajstić information content (AvgIpc) is 2.38. The van der Waals surface area contributed by atoms with E-state index in [1.54, 1.807) is 11.0 Å². The summed E-state index contributed by atoms with van der Waals surface area (Å²) in [6, 6.07) is 6.15. The van der Waals surface area contributed by atoms with Crippen LogP contribution >= 0.6 is 0 Å². The number of carbonyl (C=O) groups excluding carboxylic acids is 1. The number of carbonyl (C=O) groups is 1. The number of hydrogen-bond donors (Lipinski definition) is 2. The fourth-order valence-corrected chi connectivity index (χ4v) is 2.51. The second-order valence-corrected chi connectivity index (χ2v) is 5.43. The van der Waals surface area contributed by atoms with Crippen molar-refractivity contribution in [2.45, 2.75) is 38.3 Å². The van der Waals surface area contributed by atoms with Crippen molar-refractivity contribution in [3.8, 4) is 0 Å². The number of rotatable bonds is 3. The van der Waals surface area contributed by atoms with E-state index in [4.69, 9.17) is 0 Å². The molecular formula is C15H21FN2O2. The maximum absolute atomic E-state index is 13.1. The van der Waals surface area contributed by atoms with Gasteiger partial charge < -0.3 is 15.3 Å². The topological polar surface area (TPSA) is 52.6 Å². The molecule has 2 rings (SSSR count). The van der Waals surface area contributed by atoms with Crippen LogP contribution in [0.2, 0.25) is 0 Å². The Labute approximate surface area is 118 Å². The fourth-order valence-electron chi connectivity index (χ4n) is 2.51. The van der Waals surface area contributed by atoms with E-state index < -0.39 is 6.10 Å². The summed E-state index contributed by atoms with van der Waals surface area (Å²) in [5, 5.41) is 12.5. The number of nitrogens with one attached hydrogen (secondary N) is 1. The molecule has 0 bridgehead atoms. The summed E-state index contributed by atoms with van der Waals surface area (Å²) in [7, 11) is 0. The maximum Gasteiger partial charge on any atom is 0.317 e. The number of piperidine rings is 1. The van der Waals surface area contributed by atoms with Crippen LogP contribution in [0.4, 0.5) is 9.18 Å². The van der Waals surface area contributed by atoms with E-state index in [1.807, 2.05) is 13.0 Å². The van der Waals surface area contributed by atoms with Gasteiger partial charge in [-0.2, -0.15) is 0 Å². The normalized spacial score (nSPS) is 20.6. The quantitative estimate of drug-likeness (QED) is 0.889. The highest BCUT2D eigenvalue weighted by atomic mass is 19.1. The lowest BCUT2D eigenvalue weighted by molar-refractivity contribution is 0.0835. The van der Waals surface area contributed by atoms with Crippen molar-refractivity contribution < 1.29 is 14.3 Å². The second kappa shape index (κ2) is 6.70. The van der Waals surface area contributed by atoms with Gasteiger partial charge in [0.2, 0.25) is 0 Å². The van der Waals surface area contributed by atoms with Gasteiger partial charge in [0, 0.05) is 19.1 Å². The van der Waals surface area contributed by atoms with E-state index >= 15 is 0 Å². The highest BCUT2D eigenvalue weighted by Gasteiger charge is 2.22. The molecule has 0 aliphatic carbocycles. The monoisotopic (exact) mass is 280 g/mol. The Morgan fingerprint density at radius 3 is 3.10 bits per heavy atom. The number of halogens is 1. The number of nitrogens with zero attached hydrogens (tertiary/aromatic N) is 1. The average molecular weight is 280 g/mol. The van der Waals surface area contributed by atoms with Crippen molar-refractivity contribution >= 4 is 6.03 Å². The number of amides is 2. The van der Waals surface area contributed by atoms with E-state index in [0.29, 0.717) is 19.5 Å². The Balaban J connectivity index is 1.84. The van der Waals surface area contributed by atoms with Crippen molar-refractivity contribution in [1.29, 1.82) is 0 Å². The highest BCUT2D eigenvalue weighted by molar-refractivity contribution is 5.74. The summed E-state index contributed by atoms with van der Waals surface area (Å²) in [6.45, 7) is 2.96. The summed E-state index contributed by atoms with van der Waals surface area (Å²) >= 11 is 0. The molecule has 0 aromatic heterocycles. The molecule has 1 aromatic carbocycles. The van der Waals surface area contributed by atoms with Crippen LogP contribution in [0.25, 0.3) is 0 Å². The van der Waals surface area contributed by atoms with Gasteiger partial charge in [0.25, 0.3) is 0 Å². The van der Waals surface area contributed by atoms with E-state index in [-0.39, 0.29) is 17.9 Å². The number of aliphatic hydroxyl groups is 1. The molecule has 1 heterocycles. The molecular weight excluding hydrogens is 259 g/mol. The number of aliphatic hydroxyl groups excluding tert-OH is 1. The van der Waals surface area contributed by atoms with Crippen LogP contribution < -0.4 is 5.32 Å². The molecule has 1 fully saturated rings. The molecule has 2 N–H and O–H groups in total. The Morgan fingerprint density at radius 2 is 2.40 bits per heavy atom. The molecule has 1 aromatic rings. The number of urea groups is 1. The Bertz CT molecular complexity index is 467. The minimum absolute atomic E-state index is 0.0802. The summed E-state index contributed by atoms with van der Waals surface area (Å²) in [5.74, 6) is -0.264. The Kier molecular flexibility index (Phi) is 4.95. The lowest BCUT2D eigenvalue weighted by atomic mass is 10.1. The second-order valence-electron chi connectivity index (χ2n) is 5.43. The van der Waals surface area contributed by atoms with Gasteiger partial charge in [0.1, 0.15) is 5.82 Å². The maximum atomic E-state index is 13.1. The minimum Gasteiger partial charge on any atom is -0.391 e. The fraction of sp³-hybridized carbons (Fsp3) is 0.533. The molecule has 4 nitrogen and oxygen atoms in total. The van der Waals surface area contributed by atoms with E-state index in [2.05, 4.69) is 5.32 Å². The molecule has 0 radical (unpaired) electrons. The van der Waals surface area contributed by atoms with Gasteiger partial charge in [0.05, 0.1) is 6.10 Å². The van der Waals surface area contributed by atoms with E-state index in [9.17, 15) is 14.3 Å². The Morgan fingerprint density at radius 1 is 1.60 bits per heavy atom. The molecule has 2 amide bonds. The van der Waals surface area contributed by atoms with Crippen molar-refractivity contribution in [3.05, 3.63) is 35.6 Å². The molecule has 20 heavy (non-hydrogen) atoms. The molecule has 0 spiro atoms. The van der Waals surface area contributed by atoms with Gasteiger partial charge in [0.15, 0.2) is 0 Å². The zero-order valence-corrected chi connectivity index (χ0v) is 11.7. The third kappa shape index (κ3) is 4.20. The largest absolute Gasteiger partial charge is 0.391 e. The van der Waals surface area contributed by atoms with Crippen molar-refractivity contribution in [3.63, 3.8) is 0 Å². The molecule has 1 aliphatic heterocycles. The number of likely N-dealkylation sites (tertiary alicyclic amines) is 1. The molecule has 2 unspecified atom stereocenters. The third-order valence-electron chi connectivity index (χ3n) is 3.48. The molecule has 0 saturated carbocycles. The van der Waals surface area contributed by atoms with Gasteiger partial charge in [-0.25, -0.2) is 9.18 Å². The van der Waals surface area contributed by atoms with Gasteiger partial charge >= 0.3 is 6.03 Å². The SMILES string of the molecule is CC(Cc1cccc(F)c1)NC(=O)N1CCCC(O)C1. The minimum atomic E-state index is -0.423. The smallest absolute Gasteiger partial charge is 0.317 e. The first-order chi connectivity index (χ1) is 9.54. The summed E-state index contributed by atoms with van der Waals surface area (Å²) in [5.41, 5.74) is 0.858. The molecule has 5 heteroatoms. The first-order valence-corrected chi connectivity index (χ1v) is 7.02. The highest BCUT2D eigenvalue weighted by Crippen LogP contribution is 2.11. The van der Waals surface area contributed by atoms with Crippen LogP contribution in [0.5, 0.6) is 0 Å². The van der Waals surface area contributed by atoms with Crippen molar-refractivity contribution in [1.82, 2.24) is 10.2 Å². The first kappa shape index (κ1) is 14.8. The van der Waals surface area contributed by atoms with Crippen LogP contribution in [-0.2, 0) is 6.42 Å². The van der Waals surface area contributed by atoms with Crippen LogP contribution in [0.15, 0.2) is 24.3 Å². The van der Waals surface area contributed by atoms with Crippen LogP contribution in [0.3, 0.4) is 0 Å². The molecule has 1 aliphatic rings. The molecule has 1 saturated heterocycles. The summed E-state index contributed by atoms with van der Waals surface area (Å²) in [4.78, 5) is 13.7. The number of β-amino-alcohol motifs (C(OH)–C–C–N with tert-alkyl or cyclic N) is 1. The summed E-state index contributed by atoms with van der Waals surface area (Å²) < 4.78 is 13.1. The van der Waals surface area contributed by atoms with Crippen LogP contribution in [0.1, 0.15) is 25.3 Å². The lowest BCUT2D eigenvalue weighted by Gasteiger charge is -2.31. The predicted octanol–water partition coefficient (Wildman–Crippen LogP) is 1.92. The van der Waals surface area contributed by atoms with Gasteiger partial charge in [-0.3, -0.25) is 0 Å². The van der Waals surface area contributed by atoms with Gasteiger partial charge in [-0.15, -0.1) is 0 Å². The van der Waals surface area contributed by atoms with Crippen LogP contribution in [-0.4, -0.2) is 41.3 Å². The van der Waals surface area contributed by atoms with E-state index in [1.165, 1.54) is 12.1 Å². The lowest BCUT2D eigenvalue weighted by Crippen LogP contribution is -2.49. The molecule has 2 atom stereocenters. The number of benzene rings is 1.